The third-order valence-corrected chi connectivity index (χ3v) is 3.43. The standard InChI is InChI=1S/C14H16ClN3O2/c1-8-4-10(6-11(16)5-8)14(19)20-7-12-9(2)17-18(3)13(12)15/h4-6H,7,16H2,1-3H3. The van der Waals surface area contributed by atoms with Crippen LogP contribution in [-0.4, -0.2) is 15.7 Å². The predicted molar refractivity (Wildman–Crippen MR) is 77.7 cm³/mol. The second-order valence-electron chi connectivity index (χ2n) is 4.69. The van der Waals surface area contributed by atoms with E-state index in [1.807, 2.05) is 13.8 Å². The summed E-state index contributed by atoms with van der Waals surface area (Å²) in [6, 6.07) is 5.11. The summed E-state index contributed by atoms with van der Waals surface area (Å²) in [7, 11) is 1.74. The summed E-state index contributed by atoms with van der Waals surface area (Å²) in [5.74, 6) is -0.431. The molecule has 20 heavy (non-hydrogen) atoms. The Morgan fingerprint density at radius 1 is 1.40 bits per heavy atom. The molecule has 0 aliphatic carbocycles. The van der Waals surface area contributed by atoms with Crippen LogP contribution in [0.25, 0.3) is 0 Å². The molecule has 0 amide bonds. The molecule has 106 valence electrons. The Labute approximate surface area is 122 Å². The minimum atomic E-state index is -0.431. The highest BCUT2D eigenvalue weighted by atomic mass is 35.5. The number of nitrogens with two attached hydrogens (primary N) is 1. The summed E-state index contributed by atoms with van der Waals surface area (Å²) in [5.41, 5.74) is 9.04. The fraction of sp³-hybridized carbons (Fsp3) is 0.286. The molecular weight excluding hydrogens is 278 g/mol. The quantitative estimate of drug-likeness (QED) is 0.697. The first kappa shape index (κ1) is 14.4. The molecule has 0 aliphatic rings. The number of anilines is 1. The molecule has 6 heteroatoms. The van der Waals surface area contributed by atoms with E-state index in [-0.39, 0.29) is 6.61 Å². The number of aromatic nitrogens is 2. The molecule has 1 aromatic heterocycles. The number of aryl methyl sites for hydroxylation is 3. The van der Waals surface area contributed by atoms with E-state index in [2.05, 4.69) is 5.10 Å². The van der Waals surface area contributed by atoms with Gasteiger partial charge in [-0.2, -0.15) is 5.10 Å². The number of nitrogen functional groups attached to an aromatic ring is 1. The van der Waals surface area contributed by atoms with Crippen molar-refractivity contribution in [2.24, 2.45) is 7.05 Å². The molecule has 0 saturated carbocycles. The first-order valence-corrected chi connectivity index (χ1v) is 6.48. The monoisotopic (exact) mass is 293 g/mol. The number of carbonyl (C=O) groups excluding carboxylic acids is 1. The van der Waals surface area contributed by atoms with Gasteiger partial charge in [0, 0.05) is 18.3 Å². The summed E-state index contributed by atoms with van der Waals surface area (Å²) in [4.78, 5) is 12.0. The van der Waals surface area contributed by atoms with Gasteiger partial charge < -0.3 is 10.5 Å². The van der Waals surface area contributed by atoms with Crippen LogP contribution in [0.1, 0.15) is 27.2 Å². The second kappa shape index (κ2) is 5.54. The summed E-state index contributed by atoms with van der Waals surface area (Å²) in [6.45, 7) is 3.78. The van der Waals surface area contributed by atoms with Crippen LogP contribution in [0.4, 0.5) is 5.69 Å². The van der Waals surface area contributed by atoms with Crippen LogP contribution in [0.3, 0.4) is 0 Å². The zero-order valence-corrected chi connectivity index (χ0v) is 12.4. The highest BCUT2D eigenvalue weighted by Gasteiger charge is 2.15. The second-order valence-corrected chi connectivity index (χ2v) is 5.04. The van der Waals surface area contributed by atoms with Gasteiger partial charge in [0.2, 0.25) is 0 Å². The van der Waals surface area contributed by atoms with Crippen molar-refractivity contribution in [3.63, 3.8) is 0 Å². The summed E-state index contributed by atoms with van der Waals surface area (Å²) in [5, 5.41) is 4.63. The molecule has 0 spiro atoms. The van der Waals surface area contributed by atoms with Crippen molar-refractivity contribution in [2.45, 2.75) is 20.5 Å². The Balaban J connectivity index is 2.12. The van der Waals surface area contributed by atoms with E-state index in [0.717, 1.165) is 11.3 Å². The average Bonchev–Trinajstić information content (AvgIpc) is 2.60. The van der Waals surface area contributed by atoms with E-state index in [4.69, 9.17) is 22.1 Å². The van der Waals surface area contributed by atoms with Gasteiger partial charge in [-0.25, -0.2) is 4.79 Å². The number of halogens is 1. The summed E-state index contributed by atoms with van der Waals surface area (Å²) in [6.07, 6.45) is 0. The molecule has 2 aromatic rings. The zero-order valence-electron chi connectivity index (χ0n) is 11.6. The maximum absolute atomic E-state index is 12.0. The summed E-state index contributed by atoms with van der Waals surface area (Å²) >= 11 is 6.08. The Hall–Kier alpha value is -2.01. The van der Waals surface area contributed by atoms with Crippen molar-refractivity contribution < 1.29 is 9.53 Å². The molecule has 0 unspecified atom stereocenters. The highest BCUT2D eigenvalue weighted by molar-refractivity contribution is 6.30. The molecule has 0 aliphatic heterocycles. The van der Waals surface area contributed by atoms with Crippen LogP contribution >= 0.6 is 11.6 Å². The molecule has 1 aromatic carbocycles. The first-order chi connectivity index (χ1) is 9.38. The summed E-state index contributed by atoms with van der Waals surface area (Å²) < 4.78 is 6.81. The maximum atomic E-state index is 12.0. The van der Waals surface area contributed by atoms with Gasteiger partial charge in [-0.15, -0.1) is 0 Å². The number of nitrogens with zero attached hydrogens (tertiary/aromatic N) is 2. The molecule has 0 fully saturated rings. The molecule has 1 heterocycles. The fourth-order valence-corrected chi connectivity index (χ4v) is 2.22. The number of carbonyl (C=O) groups is 1. The van der Waals surface area contributed by atoms with Crippen LogP contribution in [0.2, 0.25) is 5.15 Å². The highest BCUT2D eigenvalue weighted by Crippen LogP contribution is 2.20. The van der Waals surface area contributed by atoms with Gasteiger partial charge in [-0.1, -0.05) is 11.6 Å². The normalized spacial score (nSPS) is 10.6. The number of rotatable bonds is 3. The maximum Gasteiger partial charge on any atom is 0.338 e. The van der Waals surface area contributed by atoms with E-state index in [9.17, 15) is 4.79 Å². The third kappa shape index (κ3) is 2.93. The lowest BCUT2D eigenvalue weighted by atomic mass is 10.1. The van der Waals surface area contributed by atoms with E-state index in [1.54, 1.807) is 29.9 Å². The lowest BCUT2D eigenvalue weighted by Crippen LogP contribution is -2.07. The van der Waals surface area contributed by atoms with Crippen molar-refractivity contribution >= 4 is 23.3 Å². The molecule has 5 nitrogen and oxygen atoms in total. The number of hydrogen-bond acceptors (Lipinski definition) is 4. The van der Waals surface area contributed by atoms with Gasteiger partial charge in [-0.3, -0.25) is 4.68 Å². The third-order valence-electron chi connectivity index (χ3n) is 2.95. The average molecular weight is 294 g/mol. The number of ether oxygens (including phenoxy) is 1. The van der Waals surface area contributed by atoms with Crippen molar-refractivity contribution in [2.75, 3.05) is 5.73 Å². The number of hydrogen-bond donors (Lipinski definition) is 1. The van der Waals surface area contributed by atoms with Gasteiger partial charge in [0.25, 0.3) is 0 Å². The van der Waals surface area contributed by atoms with E-state index >= 15 is 0 Å². The Bertz CT molecular complexity index is 644. The van der Waals surface area contributed by atoms with Gasteiger partial charge in [0.1, 0.15) is 11.8 Å². The lowest BCUT2D eigenvalue weighted by molar-refractivity contribution is 0.0472. The molecule has 0 atom stereocenters. The molecular formula is C14H16ClN3O2. The van der Waals surface area contributed by atoms with Gasteiger partial charge in [-0.05, 0) is 37.6 Å². The minimum Gasteiger partial charge on any atom is -0.457 e. The number of benzene rings is 1. The molecule has 2 rings (SSSR count). The molecule has 0 bridgehead atoms. The van der Waals surface area contributed by atoms with Crippen molar-refractivity contribution in [3.05, 3.63) is 45.7 Å². The smallest absolute Gasteiger partial charge is 0.338 e. The van der Waals surface area contributed by atoms with E-state index < -0.39 is 5.97 Å². The van der Waals surface area contributed by atoms with Crippen molar-refractivity contribution in [1.29, 1.82) is 0 Å². The van der Waals surface area contributed by atoms with E-state index in [1.165, 1.54) is 0 Å². The van der Waals surface area contributed by atoms with Gasteiger partial charge in [0.05, 0.1) is 11.3 Å². The topological polar surface area (TPSA) is 70.1 Å². The van der Waals surface area contributed by atoms with Gasteiger partial charge >= 0.3 is 5.97 Å². The molecule has 2 N–H and O–H groups in total. The number of esters is 1. The van der Waals surface area contributed by atoms with Crippen LogP contribution in [0.15, 0.2) is 18.2 Å². The fourth-order valence-electron chi connectivity index (χ4n) is 1.99. The zero-order chi connectivity index (χ0) is 14.9. The Morgan fingerprint density at radius 2 is 2.10 bits per heavy atom. The minimum absolute atomic E-state index is 0.0885. The van der Waals surface area contributed by atoms with E-state index in [0.29, 0.717) is 22.0 Å². The Morgan fingerprint density at radius 3 is 2.65 bits per heavy atom. The van der Waals surface area contributed by atoms with Gasteiger partial charge in [0.15, 0.2) is 0 Å². The largest absolute Gasteiger partial charge is 0.457 e. The van der Waals surface area contributed by atoms with Crippen LogP contribution in [0, 0.1) is 13.8 Å². The SMILES string of the molecule is Cc1cc(N)cc(C(=O)OCc2c(C)nn(C)c2Cl)c1. The van der Waals surface area contributed by atoms with Crippen LogP contribution in [0.5, 0.6) is 0 Å². The molecule has 0 radical (unpaired) electrons. The Kier molecular flexibility index (Phi) is 3.99. The van der Waals surface area contributed by atoms with Crippen LogP contribution in [-0.2, 0) is 18.4 Å². The van der Waals surface area contributed by atoms with Crippen molar-refractivity contribution in [3.8, 4) is 0 Å². The molecule has 0 saturated heterocycles. The van der Waals surface area contributed by atoms with Crippen molar-refractivity contribution in [1.82, 2.24) is 9.78 Å². The lowest BCUT2D eigenvalue weighted by Gasteiger charge is -2.06. The first-order valence-electron chi connectivity index (χ1n) is 6.10. The van der Waals surface area contributed by atoms with Crippen LogP contribution < -0.4 is 5.73 Å². The predicted octanol–water partition coefficient (Wildman–Crippen LogP) is 2.63.